The average molecular weight is 719 g/mol. The van der Waals surface area contributed by atoms with Gasteiger partial charge in [-0.25, -0.2) is 4.79 Å². The number of carbonyl (C=O) groups is 2. The van der Waals surface area contributed by atoms with Gasteiger partial charge in [0.2, 0.25) is 0 Å². The minimum absolute atomic E-state index is 0. The summed E-state index contributed by atoms with van der Waals surface area (Å²) in [5, 5.41) is 41.5. The molecule has 2 aromatic rings. The molecule has 51 heavy (non-hydrogen) atoms. The molecule has 0 unspecified atom stereocenters. The van der Waals surface area contributed by atoms with Gasteiger partial charge in [-0.15, -0.1) is 0 Å². The van der Waals surface area contributed by atoms with Gasteiger partial charge in [-0.05, 0) is 48.4 Å². The molecule has 0 aliphatic heterocycles. The van der Waals surface area contributed by atoms with Crippen LogP contribution in [0, 0.1) is 0 Å². The van der Waals surface area contributed by atoms with E-state index < -0.39 is 17.7 Å². The average Bonchev–Trinajstić information content (AvgIpc) is 3.09. The summed E-state index contributed by atoms with van der Waals surface area (Å²) in [5.41, 5.74) is 1.29. The van der Waals surface area contributed by atoms with Gasteiger partial charge in [0.15, 0.2) is 0 Å². The molecular weight excluding hydrogens is 649 g/mol. The molecule has 0 aliphatic rings. The van der Waals surface area contributed by atoms with Crippen molar-refractivity contribution in [3.63, 3.8) is 0 Å². The molecule has 0 fully saturated rings. The van der Waals surface area contributed by atoms with E-state index in [-0.39, 0.29) is 39.9 Å². The van der Waals surface area contributed by atoms with Gasteiger partial charge in [-0.2, -0.15) is 0 Å². The van der Waals surface area contributed by atoms with E-state index in [0.29, 0.717) is 12.0 Å². The summed E-state index contributed by atoms with van der Waals surface area (Å²) >= 11 is 0. The van der Waals surface area contributed by atoms with E-state index in [9.17, 15) is 30.0 Å². The number of carboxylic acid groups (broad SMARTS) is 2. The van der Waals surface area contributed by atoms with Crippen LogP contribution in [0.1, 0.15) is 213 Å². The Labute approximate surface area is 327 Å². The van der Waals surface area contributed by atoms with Crippen LogP contribution in [0.5, 0.6) is 11.5 Å². The van der Waals surface area contributed by atoms with E-state index in [2.05, 4.69) is 13.8 Å². The van der Waals surface area contributed by atoms with Crippen LogP contribution >= 0.6 is 0 Å². The largest absolute Gasteiger partial charge is 2.00 e. The van der Waals surface area contributed by atoms with Crippen LogP contribution in [0.4, 0.5) is 0 Å². The number of rotatable bonds is 30. The maximum Gasteiger partial charge on any atom is 2.00 e. The van der Waals surface area contributed by atoms with Crippen LogP contribution < -0.4 is 10.2 Å². The first-order valence-corrected chi connectivity index (χ1v) is 20.4. The van der Waals surface area contributed by atoms with E-state index in [4.69, 9.17) is 0 Å². The Morgan fingerprint density at radius 1 is 0.510 bits per heavy atom. The van der Waals surface area contributed by atoms with Crippen molar-refractivity contribution in [2.45, 2.75) is 194 Å². The quantitative estimate of drug-likeness (QED) is 0.0612. The van der Waals surface area contributed by atoms with Crippen LogP contribution in [0.25, 0.3) is 0 Å². The summed E-state index contributed by atoms with van der Waals surface area (Å²) in [7, 11) is 0. The molecule has 0 bridgehead atoms. The van der Waals surface area contributed by atoms with Gasteiger partial charge in [0.05, 0.1) is 5.97 Å². The SMILES string of the molecule is CCCCCCCCCCCCCCCc1cccc(O)c1C(=O)O.CCCCCCCCCCCCCCCc1cccc([O-])c1C(=O)[O-].[Mg+2]. The monoisotopic (exact) mass is 719 g/mol. The second-order valence-corrected chi connectivity index (χ2v) is 14.2. The van der Waals surface area contributed by atoms with Crippen molar-refractivity contribution >= 4 is 35.0 Å². The van der Waals surface area contributed by atoms with Gasteiger partial charge >= 0.3 is 29.0 Å². The van der Waals surface area contributed by atoms with Crippen LogP contribution in [0.2, 0.25) is 0 Å². The Morgan fingerprint density at radius 2 is 0.824 bits per heavy atom. The Balaban J connectivity index is 0.000000962. The fourth-order valence-electron chi connectivity index (χ4n) is 6.72. The smallest absolute Gasteiger partial charge is 0.872 e. The summed E-state index contributed by atoms with van der Waals surface area (Å²) in [6.45, 7) is 4.51. The number of unbranched alkanes of at least 4 members (excludes halogenated alkanes) is 24. The molecular formula is C44H70MgO6. The second kappa shape index (κ2) is 33.6. The summed E-state index contributed by atoms with van der Waals surface area (Å²) < 4.78 is 0. The molecule has 6 nitrogen and oxygen atoms in total. The molecule has 2 N–H and O–H groups in total. The van der Waals surface area contributed by atoms with Gasteiger partial charge in [0.25, 0.3) is 0 Å². The normalized spacial score (nSPS) is 10.7. The second-order valence-electron chi connectivity index (χ2n) is 14.2. The third-order valence-electron chi connectivity index (χ3n) is 9.76. The topological polar surface area (TPSA) is 121 Å². The Kier molecular flexibility index (Phi) is 32.1. The number of aryl methyl sites for hydroxylation is 2. The zero-order chi connectivity index (χ0) is 36.7. The fourth-order valence-corrected chi connectivity index (χ4v) is 6.72. The first-order valence-electron chi connectivity index (χ1n) is 20.4. The number of carbonyl (C=O) groups excluding carboxylic acids is 1. The zero-order valence-corrected chi connectivity index (χ0v) is 33.9. The summed E-state index contributed by atoms with van der Waals surface area (Å²) in [6.07, 6.45) is 35.0. The fraction of sp³-hybridized carbons (Fsp3) is 0.682. The number of hydrogen-bond acceptors (Lipinski definition) is 5. The van der Waals surface area contributed by atoms with E-state index in [1.807, 2.05) is 6.07 Å². The predicted octanol–water partition coefficient (Wildman–Crippen LogP) is 11.1. The molecule has 284 valence electrons. The first kappa shape index (κ1) is 48.7. The van der Waals surface area contributed by atoms with Crippen molar-refractivity contribution in [3.8, 4) is 11.5 Å². The Hall–Kier alpha value is -2.25. The van der Waals surface area contributed by atoms with Crippen molar-refractivity contribution in [1.29, 1.82) is 0 Å². The standard InChI is InChI=1S/2C22H36O3.Mg/c2*1-2-3-4-5-6-7-8-9-10-11-12-13-14-16-19-17-15-18-20(23)21(19)22(24)25;/h2*15,17-18,23H,2-14,16H2,1H3,(H,24,25);/q;;+2/p-2. The number of carboxylic acids is 2. The number of phenols is 1. The molecule has 0 spiro atoms. The van der Waals surface area contributed by atoms with Gasteiger partial charge < -0.3 is 25.2 Å². The first-order chi connectivity index (χ1) is 24.3. The summed E-state index contributed by atoms with van der Waals surface area (Å²) in [4.78, 5) is 22.3. The van der Waals surface area contributed by atoms with Crippen LogP contribution in [0.15, 0.2) is 36.4 Å². The van der Waals surface area contributed by atoms with Gasteiger partial charge in [0, 0.05) is 0 Å². The van der Waals surface area contributed by atoms with Crippen molar-refractivity contribution < 1.29 is 30.0 Å². The minimum Gasteiger partial charge on any atom is -0.872 e. The molecule has 2 aromatic carbocycles. The van der Waals surface area contributed by atoms with Gasteiger partial charge in [-0.3, -0.25) is 0 Å². The van der Waals surface area contributed by atoms with E-state index in [1.54, 1.807) is 18.2 Å². The third-order valence-corrected chi connectivity index (χ3v) is 9.76. The minimum atomic E-state index is -1.35. The van der Waals surface area contributed by atoms with Crippen molar-refractivity contribution in [3.05, 3.63) is 58.7 Å². The third kappa shape index (κ3) is 24.6. The molecule has 7 heteroatoms. The predicted molar refractivity (Wildman–Crippen MR) is 210 cm³/mol. The summed E-state index contributed by atoms with van der Waals surface area (Å²) in [6, 6.07) is 9.62. The van der Waals surface area contributed by atoms with E-state index in [0.717, 1.165) is 37.7 Å². The van der Waals surface area contributed by atoms with Crippen molar-refractivity contribution in [1.82, 2.24) is 0 Å². The maximum atomic E-state index is 11.6. The molecule has 0 aliphatic carbocycles. The molecule has 0 saturated carbocycles. The molecule has 0 aromatic heterocycles. The van der Waals surface area contributed by atoms with Crippen LogP contribution in [-0.2, 0) is 12.8 Å². The van der Waals surface area contributed by atoms with E-state index in [1.165, 1.54) is 153 Å². The van der Waals surface area contributed by atoms with Crippen LogP contribution in [-0.4, -0.2) is 45.2 Å². The van der Waals surface area contributed by atoms with Crippen LogP contribution in [0.3, 0.4) is 0 Å². The van der Waals surface area contributed by atoms with E-state index >= 15 is 0 Å². The number of hydrogen-bond donors (Lipinski definition) is 2. The maximum absolute atomic E-state index is 11.6. The molecule has 0 heterocycles. The van der Waals surface area contributed by atoms with Gasteiger partial charge in [-0.1, -0.05) is 204 Å². The zero-order valence-electron chi connectivity index (χ0n) is 32.5. The number of benzene rings is 2. The number of aromatic hydroxyl groups is 1. The Morgan fingerprint density at radius 3 is 1.16 bits per heavy atom. The molecule has 2 rings (SSSR count). The van der Waals surface area contributed by atoms with Crippen molar-refractivity contribution in [2.75, 3.05) is 0 Å². The van der Waals surface area contributed by atoms with Gasteiger partial charge in [0.1, 0.15) is 11.3 Å². The molecule has 0 radical (unpaired) electrons. The Bertz CT molecular complexity index is 1060. The molecule has 0 amide bonds. The van der Waals surface area contributed by atoms with Crippen molar-refractivity contribution in [2.24, 2.45) is 0 Å². The summed E-state index contributed by atoms with van der Waals surface area (Å²) in [5.74, 6) is -2.95. The molecule has 0 saturated heterocycles. The number of aromatic carboxylic acids is 2. The molecule has 0 atom stereocenters.